The number of thioether (sulfide) groups is 1. The van der Waals surface area contributed by atoms with Crippen molar-refractivity contribution in [3.63, 3.8) is 0 Å². The van der Waals surface area contributed by atoms with Crippen LogP contribution in [0, 0.1) is 13.8 Å². The maximum absolute atomic E-state index is 12.1. The second-order valence-electron chi connectivity index (χ2n) is 6.07. The SMILES string of the molecule is Cc1cc(C)cc(-c2nnc(SCc3nc4ccccc4c(=O)[nH]3)o2)c1. The van der Waals surface area contributed by atoms with Crippen molar-refractivity contribution in [3.05, 3.63) is 69.8 Å². The molecule has 0 aliphatic heterocycles. The van der Waals surface area contributed by atoms with Gasteiger partial charge in [0.1, 0.15) is 5.82 Å². The second kappa shape index (κ2) is 6.76. The Balaban J connectivity index is 1.54. The maximum Gasteiger partial charge on any atom is 0.277 e. The van der Waals surface area contributed by atoms with Crippen molar-refractivity contribution in [3.8, 4) is 11.5 Å². The Kier molecular flexibility index (Phi) is 4.30. The van der Waals surface area contributed by atoms with E-state index in [1.807, 2.05) is 44.2 Å². The van der Waals surface area contributed by atoms with Gasteiger partial charge in [0.25, 0.3) is 10.8 Å². The predicted molar refractivity (Wildman–Crippen MR) is 101 cm³/mol. The van der Waals surface area contributed by atoms with E-state index in [1.165, 1.54) is 11.8 Å². The summed E-state index contributed by atoms with van der Waals surface area (Å²) in [5, 5.41) is 9.22. The molecule has 2 aromatic heterocycles. The van der Waals surface area contributed by atoms with Gasteiger partial charge in [-0.2, -0.15) is 0 Å². The molecular formula is C19H16N4O2S. The van der Waals surface area contributed by atoms with E-state index in [4.69, 9.17) is 4.42 Å². The molecule has 2 heterocycles. The Labute approximate surface area is 153 Å². The van der Waals surface area contributed by atoms with Gasteiger partial charge in [0.2, 0.25) is 5.89 Å². The number of hydrogen-bond acceptors (Lipinski definition) is 6. The molecule has 2 aromatic carbocycles. The molecule has 1 N–H and O–H groups in total. The minimum Gasteiger partial charge on any atom is -0.411 e. The molecule has 4 aromatic rings. The van der Waals surface area contributed by atoms with Crippen molar-refractivity contribution in [2.75, 3.05) is 0 Å². The topological polar surface area (TPSA) is 84.7 Å². The number of fused-ring (bicyclic) bond motifs is 1. The molecule has 0 unspecified atom stereocenters. The lowest BCUT2D eigenvalue weighted by Gasteiger charge is -2.01. The maximum atomic E-state index is 12.1. The van der Waals surface area contributed by atoms with Gasteiger partial charge in [0.15, 0.2) is 0 Å². The van der Waals surface area contributed by atoms with Gasteiger partial charge in [-0.1, -0.05) is 41.1 Å². The molecule has 0 atom stereocenters. The number of aromatic amines is 1. The highest BCUT2D eigenvalue weighted by Crippen LogP contribution is 2.26. The van der Waals surface area contributed by atoms with Crippen LogP contribution >= 0.6 is 11.8 Å². The van der Waals surface area contributed by atoms with Crippen molar-refractivity contribution in [2.24, 2.45) is 0 Å². The van der Waals surface area contributed by atoms with Gasteiger partial charge in [-0.15, -0.1) is 10.2 Å². The van der Waals surface area contributed by atoms with Crippen molar-refractivity contribution >= 4 is 22.7 Å². The lowest BCUT2D eigenvalue weighted by molar-refractivity contribution is 0.465. The summed E-state index contributed by atoms with van der Waals surface area (Å²) in [6.07, 6.45) is 0. The van der Waals surface area contributed by atoms with Gasteiger partial charge in [-0.25, -0.2) is 4.98 Å². The van der Waals surface area contributed by atoms with Crippen LogP contribution in [0.5, 0.6) is 0 Å². The molecule has 0 spiro atoms. The average Bonchev–Trinajstić information content (AvgIpc) is 3.08. The minimum absolute atomic E-state index is 0.146. The normalized spacial score (nSPS) is 11.2. The number of para-hydroxylation sites is 1. The molecule has 0 aliphatic carbocycles. The Bertz CT molecular complexity index is 1130. The van der Waals surface area contributed by atoms with Gasteiger partial charge < -0.3 is 9.40 Å². The number of nitrogens with one attached hydrogen (secondary N) is 1. The number of H-pyrrole nitrogens is 1. The van der Waals surface area contributed by atoms with Crippen LogP contribution in [0.3, 0.4) is 0 Å². The van der Waals surface area contributed by atoms with Crippen LogP contribution < -0.4 is 5.56 Å². The summed E-state index contributed by atoms with van der Waals surface area (Å²) in [5.41, 5.74) is 3.72. The molecule has 0 radical (unpaired) electrons. The fraction of sp³-hybridized carbons (Fsp3) is 0.158. The molecule has 6 nitrogen and oxygen atoms in total. The van der Waals surface area contributed by atoms with Crippen LogP contribution in [0.4, 0.5) is 0 Å². The number of rotatable bonds is 4. The van der Waals surface area contributed by atoms with Gasteiger partial charge in [-0.05, 0) is 38.1 Å². The molecule has 0 amide bonds. The Morgan fingerprint density at radius 3 is 2.65 bits per heavy atom. The Morgan fingerprint density at radius 2 is 1.85 bits per heavy atom. The third kappa shape index (κ3) is 3.39. The highest BCUT2D eigenvalue weighted by Gasteiger charge is 2.11. The summed E-state index contributed by atoms with van der Waals surface area (Å²) < 4.78 is 5.74. The summed E-state index contributed by atoms with van der Waals surface area (Å²) >= 11 is 1.34. The van der Waals surface area contributed by atoms with E-state index in [0.717, 1.165) is 16.7 Å². The third-order valence-corrected chi connectivity index (χ3v) is 4.70. The first kappa shape index (κ1) is 16.5. The van der Waals surface area contributed by atoms with Crippen LogP contribution in [0.1, 0.15) is 17.0 Å². The summed E-state index contributed by atoms with van der Waals surface area (Å²) in [6, 6.07) is 13.4. The van der Waals surface area contributed by atoms with Crippen LogP contribution in [0.25, 0.3) is 22.4 Å². The molecule has 0 saturated carbocycles. The zero-order chi connectivity index (χ0) is 18.1. The first-order valence-electron chi connectivity index (χ1n) is 8.11. The van der Waals surface area contributed by atoms with E-state index in [1.54, 1.807) is 6.07 Å². The van der Waals surface area contributed by atoms with Gasteiger partial charge >= 0.3 is 0 Å². The quantitative estimate of drug-likeness (QED) is 0.553. The average molecular weight is 364 g/mol. The van der Waals surface area contributed by atoms with Gasteiger partial charge in [-0.3, -0.25) is 4.79 Å². The van der Waals surface area contributed by atoms with Gasteiger partial charge in [0.05, 0.1) is 16.7 Å². The molecule has 130 valence electrons. The van der Waals surface area contributed by atoms with E-state index in [-0.39, 0.29) is 5.56 Å². The predicted octanol–water partition coefficient (Wildman–Crippen LogP) is 3.88. The molecule has 7 heteroatoms. The van der Waals surface area contributed by atoms with Crippen molar-refractivity contribution in [2.45, 2.75) is 24.8 Å². The Morgan fingerprint density at radius 1 is 1.08 bits per heavy atom. The number of aromatic nitrogens is 4. The molecular weight excluding hydrogens is 348 g/mol. The number of nitrogens with zero attached hydrogens (tertiary/aromatic N) is 3. The zero-order valence-corrected chi connectivity index (χ0v) is 15.1. The summed E-state index contributed by atoms with van der Waals surface area (Å²) in [5.74, 6) is 1.50. The van der Waals surface area contributed by atoms with Crippen molar-refractivity contribution in [1.82, 2.24) is 20.2 Å². The largest absolute Gasteiger partial charge is 0.411 e. The second-order valence-corrected chi connectivity index (χ2v) is 6.99. The monoisotopic (exact) mass is 364 g/mol. The third-order valence-electron chi connectivity index (χ3n) is 3.87. The summed E-state index contributed by atoms with van der Waals surface area (Å²) in [4.78, 5) is 19.4. The fourth-order valence-electron chi connectivity index (χ4n) is 2.82. The molecule has 0 fully saturated rings. The molecule has 26 heavy (non-hydrogen) atoms. The number of benzene rings is 2. The van der Waals surface area contributed by atoms with E-state index in [0.29, 0.717) is 33.6 Å². The molecule has 0 bridgehead atoms. The van der Waals surface area contributed by atoms with Crippen LogP contribution in [0.2, 0.25) is 0 Å². The molecule has 0 saturated heterocycles. The standard InChI is InChI=1S/C19H16N4O2S/c1-11-7-12(2)9-13(8-11)18-22-23-19(25-18)26-10-16-20-15-6-4-3-5-14(15)17(24)21-16/h3-9H,10H2,1-2H3,(H,20,21,24). The minimum atomic E-state index is -0.146. The van der Waals surface area contributed by atoms with Crippen molar-refractivity contribution in [1.29, 1.82) is 0 Å². The number of aryl methyl sites for hydroxylation is 2. The highest BCUT2D eigenvalue weighted by atomic mass is 32.2. The van der Waals surface area contributed by atoms with E-state index >= 15 is 0 Å². The van der Waals surface area contributed by atoms with Crippen LogP contribution in [-0.4, -0.2) is 20.2 Å². The van der Waals surface area contributed by atoms with E-state index in [2.05, 4.69) is 26.2 Å². The fourth-order valence-corrected chi connectivity index (χ4v) is 3.45. The molecule has 0 aliphatic rings. The first-order chi connectivity index (χ1) is 12.6. The molecule has 4 rings (SSSR count). The summed E-state index contributed by atoms with van der Waals surface area (Å²) in [6.45, 7) is 4.06. The zero-order valence-electron chi connectivity index (χ0n) is 14.3. The van der Waals surface area contributed by atoms with Crippen LogP contribution in [0.15, 0.2) is 56.9 Å². The van der Waals surface area contributed by atoms with E-state index < -0.39 is 0 Å². The smallest absolute Gasteiger partial charge is 0.277 e. The van der Waals surface area contributed by atoms with Gasteiger partial charge in [0, 0.05) is 5.56 Å². The van der Waals surface area contributed by atoms with Crippen LogP contribution in [-0.2, 0) is 5.75 Å². The number of hydrogen-bond donors (Lipinski definition) is 1. The summed E-state index contributed by atoms with van der Waals surface area (Å²) in [7, 11) is 0. The Hall–Kier alpha value is -2.93. The van der Waals surface area contributed by atoms with Crippen molar-refractivity contribution < 1.29 is 4.42 Å². The highest BCUT2D eigenvalue weighted by molar-refractivity contribution is 7.98. The lowest BCUT2D eigenvalue weighted by Crippen LogP contribution is -2.11. The van der Waals surface area contributed by atoms with E-state index in [9.17, 15) is 4.79 Å². The lowest BCUT2D eigenvalue weighted by atomic mass is 10.1. The first-order valence-corrected chi connectivity index (χ1v) is 9.10.